The van der Waals surface area contributed by atoms with E-state index in [-0.39, 0.29) is 0 Å². The Morgan fingerprint density at radius 3 is 2.40 bits per heavy atom. The monoisotopic (exact) mass is 412 g/mol. The number of rotatable bonds is 4. The summed E-state index contributed by atoms with van der Waals surface area (Å²) in [5.41, 5.74) is 4.89. The lowest BCUT2D eigenvalue weighted by Gasteiger charge is -2.21. The molecule has 0 unspecified atom stereocenters. The molecule has 0 aliphatic rings. The summed E-state index contributed by atoms with van der Waals surface area (Å²) in [4.78, 5) is 13.1. The van der Waals surface area contributed by atoms with Crippen LogP contribution in [0.25, 0.3) is 37.2 Å². The average molecular weight is 413 g/mol. The van der Waals surface area contributed by atoms with E-state index in [1.54, 1.807) is 6.33 Å². The van der Waals surface area contributed by atoms with Gasteiger partial charge in [-0.1, -0.05) is 52.0 Å². The van der Waals surface area contributed by atoms with Crippen molar-refractivity contribution in [3.05, 3.63) is 72.6 Å². The first-order valence-electron chi connectivity index (χ1n) is 10.3. The van der Waals surface area contributed by atoms with Gasteiger partial charge in [-0.25, -0.2) is 15.0 Å². The fraction of sp³-hybridized carbons (Fsp3) is 0.240. The van der Waals surface area contributed by atoms with Gasteiger partial charge in [0.25, 0.3) is 0 Å². The van der Waals surface area contributed by atoms with Crippen LogP contribution >= 0.6 is 11.3 Å². The van der Waals surface area contributed by atoms with Gasteiger partial charge in [0.1, 0.15) is 12.2 Å². The first-order chi connectivity index (χ1) is 14.6. The van der Waals surface area contributed by atoms with Crippen LogP contribution in [-0.4, -0.2) is 19.5 Å². The SMILES string of the molecule is CC(C)c1cc(C(C)C)c2sc3ccccc3c2c1-n1ccnc1-c1cncnc1. The zero-order valence-corrected chi connectivity index (χ0v) is 18.4. The maximum Gasteiger partial charge on any atom is 0.147 e. The summed E-state index contributed by atoms with van der Waals surface area (Å²) >= 11 is 1.89. The molecule has 0 radical (unpaired) electrons. The number of fused-ring (bicyclic) bond motifs is 3. The van der Waals surface area contributed by atoms with Gasteiger partial charge < -0.3 is 0 Å². The van der Waals surface area contributed by atoms with Crippen molar-refractivity contribution in [2.24, 2.45) is 0 Å². The lowest BCUT2D eigenvalue weighted by atomic mass is 9.91. The Morgan fingerprint density at radius 2 is 1.67 bits per heavy atom. The molecule has 0 aliphatic heterocycles. The van der Waals surface area contributed by atoms with Crippen LogP contribution in [0, 0.1) is 0 Å². The summed E-state index contributed by atoms with van der Waals surface area (Å²) in [5.74, 6) is 1.70. The minimum Gasteiger partial charge on any atom is -0.299 e. The highest BCUT2D eigenvalue weighted by Gasteiger charge is 2.23. The van der Waals surface area contributed by atoms with E-state index in [4.69, 9.17) is 0 Å². The van der Waals surface area contributed by atoms with Crippen LogP contribution in [0.5, 0.6) is 0 Å². The highest BCUT2D eigenvalue weighted by atomic mass is 32.1. The first-order valence-corrected chi connectivity index (χ1v) is 11.1. The molecule has 5 heteroatoms. The molecule has 0 amide bonds. The largest absolute Gasteiger partial charge is 0.299 e. The Kier molecular flexibility index (Phi) is 4.63. The number of nitrogens with zero attached hydrogens (tertiary/aromatic N) is 4. The number of imidazole rings is 1. The molecule has 2 aromatic carbocycles. The van der Waals surface area contributed by atoms with Gasteiger partial charge in [0.15, 0.2) is 0 Å². The van der Waals surface area contributed by atoms with E-state index in [1.165, 1.54) is 37.0 Å². The zero-order valence-electron chi connectivity index (χ0n) is 17.6. The van der Waals surface area contributed by atoms with Crippen molar-refractivity contribution in [2.75, 3.05) is 0 Å². The summed E-state index contributed by atoms with van der Waals surface area (Å²) in [6.45, 7) is 9.11. The fourth-order valence-electron chi connectivity index (χ4n) is 4.17. The molecule has 0 aliphatic carbocycles. The predicted octanol–water partition coefficient (Wildman–Crippen LogP) is 6.94. The predicted molar refractivity (Wildman–Crippen MR) is 126 cm³/mol. The number of thiophene rings is 1. The van der Waals surface area contributed by atoms with Gasteiger partial charge in [-0.3, -0.25) is 4.57 Å². The Morgan fingerprint density at radius 1 is 0.933 bits per heavy atom. The van der Waals surface area contributed by atoms with Crippen molar-refractivity contribution in [2.45, 2.75) is 39.5 Å². The molecule has 0 spiro atoms. The van der Waals surface area contributed by atoms with E-state index < -0.39 is 0 Å². The summed E-state index contributed by atoms with van der Waals surface area (Å²) in [5, 5.41) is 2.63. The Hall–Kier alpha value is -3.05. The van der Waals surface area contributed by atoms with E-state index in [2.05, 4.69) is 83.7 Å². The Balaban J connectivity index is 1.95. The molecule has 5 aromatic rings. The molecule has 4 nitrogen and oxygen atoms in total. The molecule has 0 N–H and O–H groups in total. The minimum absolute atomic E-state index is 0.378. The third-order valence-corrected chi connectivity index (χ3v) is 6.84. The van der Waals surface area contributed by atoms with Crippen molar-refractivity contribution in [3.63, 3.8) is 0 Å². The molecule has 0 bridgehead atoms. The second kappa shape index (κ2) is 7.33. The molecule has 0 fully saturated rings. The van der Waals surface area contributed by atoms with Crippen LogP contribution in [-0.2, 0) is 0 Å². The second-order valence-electron chi connectivity index (χ2n) is 8.26. The van der Waals surface area contributed by atoms with Crippen LogP contribution in [0.15, 0.2) is 61.4 Å². The summed E-state index contributed by atoms with van der Waals surface area (Å²) in [6, 6.07) is 11.1. The minimum atomic E-state index is 0.378. The van der Waals surface area contributed by atoms with E-state index in [0.29, 0.717) is 11.8 Å². The number of benzene rings is 2. The van der Waals surface area contributed by atoms with E-state index in [0.717, 1.165) is 11.4 Å². The van der Waals surface area contributed by atoms with Crippen molar-refractivity contribution in [3.8, 4) is 17.1 Å². The van der Waals surface area contributed by atoms with E-state index in [1.807, 2.05) is 29.9 Å². The summed E-state index contributed by atoms with van der Waals surface area (Å²) < 4.78 is 4.91. The number of aromatic nitrogens is 4. The Labute approximate surface area is 180 Å². The van der Waals surface area contributed by atoms with Gasteiger partial charge in [0.2, 0.25) is 0 Å². The quantitative estimate of drug-likeness (QED) is 0.321. The third-order valence-electron chi connectivity index (χ3n) is 5.62. The maximum atomic E-state index is 4.68. The van der Waals surface area contributed by atoms with Crippen molar-refractivity contribution >= 4 is 31.5 Å². The molecule has 0 saturated carbocycles. The first kappa shape index (κ1) is 18.9. The number of hydrogen-bond donors (Lipinski definition) is 0. The lowest BCUT2D eigenvalue weighted by Crippen LogP contribution is -2.05. The third kappa shape index (κ3) is 2.92. The van der Waals surface area contributed by atoms with Crippen LogP contribution in [0.1, 0.15) is 50.7 Å². The van der Waals surface area contributed by atoms with Gasteiger partial charge >= 0.3 is 0 Å². The molecule has 3 heterocycles. The highest BCUT2D eigenvalue weighted by Crippen LogP contribution is 2.45. The molecule has 0 saturated heterocycles. The number of hydrogen-bond acceptors (Lipinski definition) is 4. The highest BCUT2D eigenvalue weighted by molar-refractivity contribution is 7.26. The molecule has 3 aromatic heterocycles. The molecule has 150 valence electrons. The van der Waals surface area contributed by atoms with Crippen molar-refractivity contribution in [1.29, 1.82) is 0 Å². The fourth-order valence-corrected chi connectivity index (χ4v) is 5.54. The van der Waals surface area contributed by atoms with Crippen LogP contribution in [0.3, 0.4) is 0 Å². The van der Waals surface area contributed by atoms with Gasteiger partial charge in [-0.2, -0.15) is 0 Å². The van der Waals surface area contributed by atoms with Gasteiger partial charge in [-0.15, -0.1) is 11.3 Å². The summed E-state index contributed by atoms with van der Waals surface area (Å²) in [7, 11) is 0. The molecule has 5 rings (SSSR count). The average Bonchev–Trinajstić information content (AvgIpc) is 3.38. The molecule has 0 atom stereocenters. The van der Waals surface area contributed by atoms with Crippen LogP contribution in [0.4, 0.5) is 0 Å². The second-order valence-corrected chi connectivity index (χ2v) is 9.32. The van der Waals surface area contributed by atoms with Gasteiger partial charge in [-0.05, 0) is 29.0 Å². The zero-order chi connectivity index (χ0) is 20.8. The normalized spacial score (nSPS) is 11.9. The summed E-state index contributed by atoms with van der Waals surface area (Å²) in [6.07, 6.45) is 9.13. The smallest absolute Gasteiger partial charge is 0.147 e. The lowest BCUT2D eigenvalue weighted by molar-refractivity contribution is 0.831. The van der Waals surface area contributed by atoms with E-state index in [9.17, 15) is 0 Å². The molecule has 30 heavy (non-hydrogen) atoms. The standard InChI is InChI=1S/C25H24N4S/c1-15(2)19-11-20(16(3)4)24-22(18-7-5-6-8-21(18)30-24)23(19)29-10-9-28-25(29)17-12-26-14-27-13-17/h5-16H,1-4H3. The maximum absolute atomic E-state index is 4.68. The van der Waals surface area contributed by atoms with Crippen molar-refractivity contribution < 1.29 is 0 Å². The molecular weight excluding hydrogens is 388 g/mol. The van der Waals surface area contributed by atoms with Crippen LogP contribution in [0.2, 0.25) is 0 Å². The van der Waals surface area contributed by atoms with Gasteiger partial charge in [0.05, 0.1) is 11.3 Å². The molecular formula is C25H24N4S. The van der Waals surface area contributed by atoms with E-state index >= 15 is 0 Å². The van der Waals surface area contributed by atoms with Gasteiger partial charge in [0, 0.05) is 45.0 Å². The topological polar surface area (TPSA) is 43.6 Å². The van der Waals surface area contributed by atoms with Crippen LogP contribution < -0.4 is 0 Å². The van der Waals surface area contributed by atoms with Crippen molar-refractivity contribution in [1.82, 2.24) is 19.5 Å². The Bertz CT molecular complexity index is 1350.